The summed E-state index contributed by atoms with van der Waals surface area (Å²) >= 11 is 0. The molecular formula is C19H26N2O5S2. The van der Waals surface area contributed by atoms with Crippen molar-refractivity contribution in [3.8, 4) is 0 Å². The quantitative estimate of drug-likeness (QED) is 0.645. The molecule has 3 rings (SSSR count). The lowest BCUT2D eigenvalue weighted by Gasteiger charge is -2.26. The van der Waals surface area contributed by atoms with Crippen molar-refractivity contribution >= 4 is 37.5 Å². The van der Waals surface area contributed by atoms with Crippen LogP contribution in [0, 0.1) is 0 Å². The topological polar surface area (TPSA) is 91.8 Å². The van der Waals surface area contributed by atoms with Crippen LogP contribution in [0.3, 0.4) is 0 Å². The summed E-state index contributed by atoms with van der Waals surface area (Å²) in [6, 6.07) is 6.76. The Hall–Kier alpha value is -1.87. The smallest absolute Gasteiger partial charge is 0.246 e. The summed E-state index contributed by atoms with van der Waals surface area (Å²) in [5.74, 6) is 0.143. The van der Waals surface area contributed by atoms with Crippen molar-refractivity contribution < 1.29 is 21.6 Å². The van der Waals surface area contributed by atoms with Gasteiger partial charge in [-0.05, 0) is 43.0 Å². The highest BCUT2D eigenvalue weighted by Gasteiger charge is 2.33. The van der Waals surface area contributed by atoms with Gasteiger partial charge in [-0.3, -0.25) is 9.10 Å². The average Bonchev–Trinajstić information content (AvgIpc) is 3.19. The Morgan fingerprint density at radius 3 is 2.43 bits per heavy atom. The van der Waals surface area contributed by atoms with Gasteiger partial charge in [0.15, 0.2) is 9.84 Å². The van der Waals surface area contributed by atoms with Gasteiger partial charge in [0.1, 0.15) is 0 Å². The Bertz CT molecular complexity index is 953. The fourth-order valence-electron chi connectivity index (χ4n) is 3.68. The highest BCUT2D eigenvalue weighted by Crippen LogP contribution is 2.24. The van der Waals surface area contributed by atoms with Gasteiger partial charge in [-0.1, -0.05) is 19.1 Å². The van der Waals surface area contributed by atoms with Gasteiger partial charge in [-0.25, -0.2) is 16.8 Å². The SMILES string of the molecule is CCCN(C(=O)/C=C/c1ccc(N2CCCS2(=O)=O)cc1)C1CCS(=O)(=O)C1. The second-order valence-electron chi connectivity index (χ2n) is 7.26. The number of hydrogen-bond donors (Lipinski definition) is 0. The molecule has 0 aliphatic carbocycles. The van der Waals surface area contributed by atoms with Gasteiger partial charge in [-0.15, -0.1) is 0 Å². The van der Waals surface area contributed by atoms with Crippen LogP contribution in [0.1, 0.15) is 31.7 Å². The predicted octanol–water partition coefficient (Wildman–Crippen LogP) is 1.67. The van der Waals surface area contributed by atoms with E-state index in [1.807, 2.05) is 6.92 Å². The van der Waals surface area contributed by atoms with Gasteiger partial charge >= 0.3 is 0 Å². The van der Waals surface area contributed by atoms with Gasteiger partial charge in [0.25, 0.3) is 0 Å². The molecule has 1 atom stereocenters. The summed E-state index contributed by atoms with van der Waals surface area (Å²) in [6.45, 7) is 2.97. The van der Waals surface area contributed by atoms with Gasteiger partial charge in [-0.2, -0.15) is 0 Å². The van der Waals surface area contributed by atoms with Crippen molar-refractivity contribution in [2.75, 3.05) is 34.7 Å². The Kier molecular flexibility index (Phi) is 6.14. The van der Waals surface area contributed by atoms with Gasteiger partial charge in [0.2, 0.25) is 15.9 Å². The lowest BCUT2D eigenvalue weighted by molar-refractivity contribution is -0.127. The van der Waals surface area contributed by atoms with Crippen LogP contribution >= 0.6 is 0 Å². The van der Waals surface area contributed by atoms with Crippen LogP contribution in [0.5, 0.6) is 0 Å². The molecular weight excluding hydrogens is 400 g/mol. The van der Waals surface area contributed by atoms with E-state index >= 15 is 0 Å². The zero-order chi connectivity index (χ0) is 20.4. The number of benzene rings is 1. The van der Waals surface area contributed by atoms with E-state index in [1.54, 1.807) is 35.2 Å². The molecule has 7 nitrogen and oxygen atoms in total. The van der Waals surface area contributed by atoms with Crippen LogP contribution in [0.2, 0.25) is 0 Å². The van der Waals surface area contributed by atoms with Crippen LogP contribution in [0.15, 0.2) is 30.3 Å². The summed E-state index contributed by atoms with van der Waals surface area (Å²) in [4.78, 5) is 14.3. The van der Waals surface area contributed by atoms with Crippen molar-refractivity contribution in [3.63, 3.8) is 0 Å². The molecule has 1 aromatic carbocycles. The molecule has 2 heterocycles. The molecule has 2 aliphatic heterocycles. The van der Waals surface area contributed by atoms with Crippen LogP contribution in [-0.2, 0) is 24.7 Å². The molecule has 2 fully saturated rings. The second-order valence-corrected chi connectivity index (χ2v) is 11.5. The minimum absolute atomic E-state index is 0.0333. The number of carbonyl (C=O) groups is 1. The first-order valence-electron chi connectivity index (χ1n) is 9.51. The summed E-state index contributed by atoms with van der Waals surface area (Å²) in [7, 11) is -6.26. The number of carbonyl (C=O) groups excluding carboxylic acids is 1. The van der Waals surface area contributed by atoms with Crippen molar-refractivity contribution in [2.45, 2.75) is 32.2 Å². The van der Waals surface area contributed by atoms with Crippen LogP contribution in [0.4, 0.5) is 5.69 Å². The molecule has 154 valence electrons. The lowest BCUT2D eigenvalue weighted by Crippen LogP contribution is -2.40. The molecule has 0 bridgehead atoms. The van der Waals surface area contributed by atoms with Gasteiger partial charge in [0, 0.05) is 25.2 Å². The van der Waals surface area contributed by atoms with Gasteiger partial charge < -0.3 is 4.90 Å². The fourth-order valence-corrected chi connectivity index (χ4v) is 6.97. The number of sulfone groups is 1. The minimum Gasteiger partial charge on any atom is -0.335 e. The van der Waals surface area contributed by atoms with E-state index in [-0.39, 0.29) is 29.2 Å². The first kappa shape index (κ1) is 20.9. The number of hydrogen-bond acceptors (Lipinski definition) is 5. The second kappa shape index (κ2) is 8.24. The zero-order valence-electron chi connectivity index (χ0n) is 16.0. The highest BCUT2D eigenvalue weighted by molar-refractivity contribution is 7.93. The molecule has 1 unspecified atom stereocenters. The molecule has 2 aliphatic rings. The number of rotatable bonds is 6. The van der Waals surface area contributed by atoms with Crippen LogP contribution in [-0.4, -0.2) is 64.0 Å². The molecule has 0 N–H and O–H groups in total. The maximum Gasteiger partial charge on any atom is 0.246 e. The molecule has 2 saturated heterocycles. The van der Waals surface area contributed by atoms with Crippen molar-refractivity contribution in [3.05, 3.63) is 35.9 Å². The van der Waals surface area contributed by atoms with Crippen molar-refractivity contribution in [2.24, 2.45) is 0 Å². The van der Waals surface area contributed by atoms with E-state index in [0.29, 0.717) is 31.6 Å². The maximum absolute atomic E-state index is 12.6. The number of nitrogens with zero attached hydrogens (tertiary/aromatic N) is 2. The van der Waals surface area contributed by atoms with Crippen molar-refractivity contribution in [1.82, 2.24) is 4.90 Å². The Morgan fingerprint density at radius 1 is 1.18 bits per heavy atom. The largest absolute Gasteiger partial charge is 0.335 e. The monoisotopic (exact) mass is 426 g/mol. The van der Waals surface area contributed by atoms with Crippen LogP contribution in [0.25, 0.3) is 6.08 Å². The normalized spacial score (nSPS) is 23.3. The third kappa shape index (κ3) is 4.75. The fraction of sp³-hybridized carbons (Fsp3) is 0.526. The predicted molar refractivity (Wildman–Crippen MR) is 110 cm³/mol. The molecule has 0 radical (unpaired) electrons. The molecule has 28 heavy (non-hydrogen) atoms. The summed E-state index contributed by atoms with van der Waals surface area (Å²) in [5, 5.41) is 0. The van der Waals surface area contributed by atoms with E-state index < -0.39 is 19.9 Å². The Morgan fingerprint density at radius 2 is 1.89 bits per heavy atom. The van der Waals surface area contributed by atoms with E-state index in [1.165, 1.54) is 10.4 Å². The zero-order valence-corrected chi connectivity index (χ0v) is 17.6. The van der Waals surface area contributed by atoms with Crippen molar-refractivity contribution in [1.29, 1.82) is 0 Å². The molecule has 1 amide bonds. The first-order valence-corrected chi connectivity index (χ1v) is 12.9. The van der Waals surface area contributed by atoms with Gasteiger partial charge in [0.05, 0.1) is 22.9 Å². The Labute approximate surface area is 167 Å². The molecule has 1 aromatic rings. The highest BCUT2D eigenvalue weighted by atomic mass is 32.2. The number of amides is 1. The van der Waals surface area contributed by atoms with E-state index in [4.69, 9.17) is 0 Å². The summed E-state index contributed by atoms with van der Waals surface area (Å²) in [5.41, 5.74) is 1.41. The lowest BCUT2D eigenvalue weighted by atomic mass is 10.1. The third-order valence-corrected chi connectivity index (χ3v) is 8.72. The first-order chi connectivity index (χ1) is 13.2. The summed E-state index contributed by atoms with van der Waals surface area (Å²) in [6.07, 6.45) is 5.01. The van der Waals surface area contributed by atoms with E-state index in [0.717, 1.165) is 12.0 Å². The van der Waals surface area contributed by atoms with E-state index in [2.05, 4.69) is 0 Å². The maximum atomic E-state index is 12.6. The minimum atomic E-state index is -3.21. The van der Waals surface area contributed by atoms with Crippen LogP contribution < -0.4 is 4.31 Å². The molecule has 9 heteroatoms. The Balaban J connectivity index is 1.69. The standard InChI is InChI=1S/C19H26N2O5S2/c1-2-11-20(18-10-14-27(23,24)15-18)19(22)9-6-16-4-7-17(8-5-16)21-12-3-13-28(21,25)26/h4-9,18H,2-3,10-15H2,1H3/b9-6+. The molecule has 0 saturated carbocycles. The number of sulfonamides is 1. The number of anilines is 1. The average molecular weight is 427 g/mol. The van der Waals surface area contributed by atoms with E-state index in [9.17, 15) is 21.6 Å². The third-order valence-electron chi connectivity index (χ3n) is 5.10. The summed E-state index contributed by atoms with van der Waals surface area (Å²) < 4.78 is 48.9. The molecule has 0 aromatic heterocycles. The molecule has 0 spiro atoms.